The molecular formula is C13H23N5. The van der Waals surface area contributed by atoms with Gasteiger partial charge in [-0.1, -0.05) is 12.1 Å². The predicted molar refractivity (Wildman–Crippen MR) is 70.2 cm³/mol. The highest BCUT2D eigenvalue weighted by atomic mass is 15.4. The van der Waals surface area contributed by atoms with Gasteiger partial charge in [0.25, 0.3) is 0 Å². The van der Waals surface area contributed by atoms with Crippen LogP contribution in [0, 0.1) is 0 Å². The van der Waals surface area contributed by atoms with Crippen molar-refractivity contribution in [1.82, 2.24) is 25.2 Å². The van der Waals surface area contributed by atoms with E-state index in [1.165, 1.54) is 25.7 Å². The van der Waals surface area contributed by atoms with E-state index < -0.39 is 0 Å². The minimum absolute atomic E-state index is 0.737. The van der Waals surface area contributed by atoms with Crippen LogP contribution in [0.5, 0.6) is 0 Å². The van der Waals surface area contributed by atoms with Crippen LogP contribution >= 0.6 is 0 Å². The van der Waals surface area contributed by atoms with Crippen LogP contribution in [0.25, 0.3) is 0 Å². The highest BCUT2D eigenvalue weighted by Crippen LogP contribution is 2.26. The number of nitrogens with one attached hydrogen (secondary N) is 1. The molecule has 0 unspecified atom stereocenters. The molecular weight excluding hydrogens is 226 g/mol. The molecule has 1 aromatic rings. The second-order valence-corrected chi connectivity index (χ2v) is 5.49. The van der Waals surface area contributed by atoms with Gasteiger partial charge in [-0.25, -0.2) is 0 Å². The summed E-state index contributed by atoms with van der Waals surface area (Å²) < 4.78 is 1.98. The number of aromatic nitrogens is 3. The molecule has 2 aliphatic rings. The number of likely N-dealkylation sites (N-methyl/N-ethyl adjacent to an activating group) is 1. The third-order valence-corrected chi connectivity index (χ3v) is 3.82. The smallest absolute Gasteiger partial charge is 0.0964 e. The van der Waals surface area contributed by atoms with Crippen LogP contribution in [0.4, 0.5) is 0 Å². The standard InChI is InChI=1S/C13H23N5/c1-2-17(13-5-6-13)7-8-18-10-12(15-16-18)9-14-11-3-4-11/h10-11,13-14H,2-9H2,1H3. The summed E-state index contributed by atoms with van der Waals surface area (Å²) in [7, 11) is 0. The SMILES string of the molecule is CCN(CCn1cc(CNC2CC2)nn1)C1CC1. The molecule has 0 bridgehead atoms. The molecule has 0 radical (unpaired) electrons. The molecule has 5 heteroatoms. The van der Waals surface area contributed by atoms with Crippen molar-refractivity contribution in [1.29, 1.82) is 0 Å². The van der Waals surface area contributed by atoms with Gasteiger partial charge in [0.1, 0.15) is 0 Å². The first kappa shape index (κ1) is 12.1. The maximum Gasteiger partial charge on any atom is 0.0964 e. The Balaban J connectivity index is 1.43. The lowest BCUT2D eigenvalue weighted by molar-refractivity contribution is 0.260. The van der Waals surface area contributed by atoms with Crippen molar-refractivity contribution in [3.63, 3.8) is 0 Å². The third-order valence-electron chi connectivity index (χ3n) is 3.82. The maximum atomic E-state index is 4.21. The van der Waals surface area contributed by atoms with E-state index in [0.717, 1.165) is 44.0 Å². The van der Waals surface area contributed by atoms with Crippen molar-refractivity contribution in [3.05, 3.63) is 11.9 Å². The lowest BCUT2D eigenvalue weighted by atomic mass is 10.4. The largest absolute Gasteiger partial charge is 0.308 e. The second-order valence-electron chi connectivity index (χ2n) is 5.49. The summed E-state index contributed by atoms with van der Waals surface area (Å²) >= 11 is 0. The monoisotopic (exact) mass is 249 g/mol. The minimum atomic E-state index is 0.737. The van der Waals surface area contributed by atoms with Gasteiger partial charge >= 0.3 is 0 Å². The van der Waals surface area contributed by atoms with Crippen LogP contribution in [-0.4, -0.2) is 45.1 Å². The lowest BCUT2D eigenvalue weighted by Gasteiger charge is -2.19. The molecule has 2 saturated carbocycles. The van der Waals surface area contributed by atoms with Gasteiger partial charge in [0.2, 0.25) is 0 Å². The summed E-state index contributed by atoms with van der Waals surface area (Å²) in [4.78, 5) is 2.55. The molecule has 0 aliphatic heterocycles. The Labute approximate surface area is 109 Å². The van der Waals surface area contributed by atoms with E-state index in [9.17, 15) is 0 Å². The van der Waals surface area contributed by atoms with Crippen molar-refractivity contribution in [2.45, 2.75) is 57.8 Å². The van der Waals surface area contributed by atoms with E-state index in [1.807, 2.05) is 4.68 Å². The van der Waals surface area contributed by atoms with Crippen LogP contribution in [0.3, 0.4) is 0 Å². The fraction of sp³-hybridized carbons (Fsp3) is 0.846. The normalized spacial score (nSPS) is 19.7. The molecule has 0 saturated heterocycles. The fourth-order valence-electron chi connectivity index (χ4n) is 2.33. The van der Waals surface area contributed by atoms with Crippen molar-refractivity contribution < 1.29 is 0 Å². The Morgan fingerprint density at radius 2 is 2.22 bits per heavy atom. The molecule has 0 atom stereocenters. The van der Waals surface area contributed by atoms with Gasteiger partial charge in [-0.15, -0.1) is 5.10 Å². The van der Waals surface area contributed by atoms with Crippen molar-refractivity contribution in [2.75, 3.05) is 13.1 Å². The van der Waals surface area contributed by atoms with E-state index in [-0.39, 0.29) is 0 Å². The number of rotatable bonds is 8. The highest BCUT2D eigenvalue weighted by Gasteiger charge is 2.27. The Kier molecular flexibility index (Phi) is 3.61. The zero-order valence-electron chi connectivity index (χ0n) is 11.2. The summed E-state index contributed by atoms with van der Waals surface area (Å²) in [5.41, 5.74) is 1.07. The topological polar surface area (TPSA) is 46.0 Å². The van der Waals surface area contributed by atoms with E-state index >= 15 is 0 Å². The Morgan fingerprint density at radius 1 is 1.39 bits per heavy atom. The van der Waals surface area contributed by atoms with E-state index in [1.54, 1.807) is 0 Å². The number of hydrogen-bond donors (Lipinski definition) is 1. The number of hydrogen-bond acceptors (Lipinski definition) is 4. The Hall–Kier alpha value is -0.940. The van der Waals surface area contributed by atoms with Gasteiger partial charge in [-0.05, 0) is 32.2 Å². The van der Waals surface area contributed by atoms with Crippen LogP contribution < -0.4 is 5.32 Å². The molecule has 0 amide bonds. The molecule has 1 N–H and O–H groups in total. The van der Waals surface area contributed by atoms with Crippen LogP contribution in [-0.2, 0) is 13.1 Å². The second kappa shape index (κ2) is 5.36. The predicted octanol–water partition coefficient (Wildman–Crippen LogP) is 1.01. The molecule has 2 fully saturated rings. The minimum Gasteiger partial charge on any atom is -0.308 e. The van der Waals surface area contributed by atoms with Crippen molar-refractivity contribution in [3.8, 4) is 0 Å². The Morgan fingerprint density at radius 3 is 2.89 bits per heavy atom. The summed E-state index contributed by atoms with van der Waals surface area (Å²) in [6.07, 6.45) is 7.47. The van der Waals surface area contributed by atoms with Crippen molar-refractivity contribution >= 4 is 0 Å². The lowest BCUT2D eigenvalue weighted by Crippen LogP contribution is -2.29. The summed E-state index contributed by atoms with van der Waals surface area (Å²) in [6.45, 7) is 6.31. The zero-order chi connectivity index (χ0) is 12.4. The van der Waals surface area contributed by atoms with Crippen LogP contribution in [0.15, 0.2) is 6.20 Å². The van der Waals surface area contributed by atoms with Gasteiger partial charge in [0.05, 0.1) is 12.2 Å². The van der Waals surface area contributed by atoms with Gasteiger partial charge in [-0.3, -0.25) is 9.58 Å². The summed E-state index contributed by atoms with van der Waals surface area (Å²) in [5.74, 6) is 0. The molecule has 5 nitrogen and oxygen atoms in total. The molecule has 18 heavy (non-hydrogen) atoms. The van der Waals surface area contributed by atoms with Crippen LogP contribution in [0.1, 0.15) is 38.3 Å². The first-order chi connectivity index (χ1) is 8.85. The molecule has 0 aromatic carbocycles. The number of nitrogens with zero attached hydrogens (tertiary/aromatic N) is 4. The molecule has 1 heterocycles. The van der Waals surface area contributed by atoms with E-state index in [2.05, 4.69) is 33.6 Å². The van der Waals surface area contributed by atoms with Gasteiger partial charge in [0, 0.05) is 31.4 Å². The quantitative estimate of drug-likeness (QED) is 0.747. The molecule has 2 aliphatic carbocycles. The third kappa shape index (κ3) is 3.29. The van der Waals surface area contributed by atoms with Gasteiger partial charge < -0.3 is 5.32 Å². The zero-order valence-corrected chi connectivity index (χ0v) is 11.2. The first-order valence-corrected chi connectivity index (χ1v) is 7.21. The molecule has 0 spiro atoms. The average molecular weight is 249 g/mol. The summed E-state index contributed by atoms with van der Waals surface area (Å²) in [5, 5.41) is 11.9. The highest BCUT2D eigenvalue weighted by molar-refractivity contribution is 4.94. The van der Waals surface area contributed by atoms with Crippen molar-refractivity contribution in [2.24, 2.45) is 0 Å². The van der Waals surface area contributed by atoms with Crippen LogP contribution in [0.2, 0.25) is 0 Å². The molecule has 1 aromatic heterocycles. The Bertz CT molecular complexity index is 380. The maximum absolute atomic E-state index is 4.21. The first-order valence-electron chi connectivity index (χ1n) is 7.21. The van der Waals surface area contributed by atoms with E-state index in [0.29, 0.717) is 0 Å². The van der Waals surface area contributed by atoms with E-state index in [4.69, 9.17) is 0 Å². The average Bonchev–Trinajstić information content (AvgIpc) is 3.28. The van der Waals surface area contributed by atoms with Gasteiger partial charge in [-0.2, -0.15) is 0 Å². The van der Waals surface area contributed by atoms with Gasteiger partial charge in [0.15, 0.2) is 0 Å². The molecule has 100 valence electrons. The fourth-order valence-corrected chi connectivity index (χ4v) is 2.33. The molecule has 3 rings (SSSR count). The summed E-state index contributed by atoms with van der Waals surface area (Å²) in [6, 6.07) is 1.58.